The van der Waals surface area contributed by atoms with Crippen LogP contribution in [0.25, 0.3) is 0 Å². The molecule has 2 N–H and O–H groups in total. The Hall–Kier alpha value is -0.810. The molecule has 1 fully saturated rings. The van der Waals surface area contributed by atoms with E-state index in [1.165, 1.54) is 39.1 Å². The van der Waals surface area contributed by atoms with E-state index in [1.54, 1.807) is 0 Å². The van der Waals surface area contributed by atoms with Crippen LogP contribution in [0.3, 0.4) is 0 Å². The molecule has 1 aliphatic rings. The summed E-state index contributed by atoms with van der Waals surface area (Å²) < 4.78 is 0. The maximum Gasteiger partial charge on any atom is 0.191 e. The number of aliphatic imine (C=N–C) groups is 1. The van der Waals surface area contributed by atoms with Gasteiger partial charge in [-0.1, -0.05) is 20.8 Å². The summed E-state index contributed by atoms with van der Waals surface area (Å²) in [5, 5.41) is 6.84. The summed E-state index contributed by atoms with van der Waals surface area (Å²) in [4.78, 5) is 9.38. The molecule has 1 aliphatic heterocycles. The third-order valence-corrected chi connectivity index (χ3v) is 4.28. The molecule has 0 aliphatic carbocycles. The summed E-state index contributed by atoms with van der Waals surface area (Å²) in [6, 6.07) is 0.549. The number of rotatable bonds is 7. The topological polar surface area (TPSA) is 42.9 Å². The van der Waals surface area contributed by atoms with Crippen LogP contribution >= 0.6 is 0 Å². The Morgan fingerprint density at radius 2 is 1.76 bits per heavy atom. The highest BCUT2D eigenvalue weighted by Gasteiger charge is 2.20. The maximum atomic E-state index is 4.29. The summed E-state index contributed by atoms with van der Waals surface area (Å²) in [6.07, 6.45) is 1.18. The normalized spacial score (nSPS) is 19.8. The van der Waals surface area contributed by atoms with E-state index in [0.29, 0.717) is 6.04 Å². The molecule has 1 saturated heterocycles. The van der Waals surface area contributed by atoms with Gasteiger partial charge >= 0.3 is 0 Å². The SMILES string of the molecule is CCN1CCN(C(C)CNC(=NC)NCCC(C)C)CC1. The zero-order chi connectivity index (χ0) is 15.7. The Morgan fingerprint density at radius 3 is 2.29 bits per heavy atom. The van der Waals surface area contributed by atoms with Gasteiger partial charge < -0.3 is 15.5 Å². The van der Waals surface area contributed by atoms with Crippen LogP contribution in [0.5, 0.6) is 0 Å². The molecule has 1 heterocycles. The second-order valence-electron chi connectivity index (χ2n) is 6.38. The van der Waals surface area contributed by atoms with Gasteiger partial charge in [0.05, 0.1) is 0 Å². The van der Waals surface area contributed by atoms with Gasteiger partial charge in [-0.15, -0.1) is 0 Å². The van der Waals surface area contributed by atoms with Crippen LogP contribution in [0.1, 0.15) is 34.1 Å². The average Bonchev–Trinajstić information content (AvgIpc) is 2.50. The third-order valence-electron chi connectivity index (χ3n) is 4.28. The van der Waals surface area contributed by atoms with Gasteiger partial charge in [0.25, 0.3) is 0 Å². The van der Waals surface area contributed by atoms with E-state index in [9.17, 15) is 0 Å². The van der Waals surface area contributed by atoms with Crippen molar-refractivity contribution in [2.75, 3.05) is 52.9 Å². The Labute approximate surface area is 131 Å². The first-order chi connectivity index (χ1) is 10.1. The fourth-order valence-electron chi connectivity index (χ4n) is 2.59. The molecule has 0 aromatic carbocycles. The lowest BCUT2D eigenvalue weighted by molar-refractivity contribution is 0.107. The van der Waals surface area contributed by atoms with Crippen LogP contribution < -0.4 is 10.6 Å². The van der Waals surface area contributed by atoms with E-state index in [4.69, 9.17) is 0 Å². The number of hydrogen-bond donors (Lipinski definition) is 2. The molecule has 0 amide bonds. The predicted octanol–water partition coefficient (Wildman–Crippen LogP) is 1.22. The molecule has 21 heavy (non-hydrogen) atoms. The predicted molar refractivity (Wildman–Crippen MR) is 92.0 cm³/mol. The van der Waals surface area contributed by atoms with Gasteiger partial charge in [0.2, 0.25) is 0 Å². The fourth-order valence-corrected chi connectivity index (χ4v) is 2.59. The summed E-state index contributed by atoms with van der Waals surface area (Å²) in [5.41, 5.74) is 0. The highest BCUT2D eigenvalue weighted by molar-refractivity contribution is 5.79. The molecule has 5 nitrogen and oxygen atoms in total. The monoisotopic (exact) mass is 297 g/mol. The summed E-state index contributed by atoms with van der Waals surface area (Å²) in [7, 11) is 1.84. The van der Waals surface area contributed by atoms with Crippen LogP contribution in [0.4, 0.5) is 0 Å². The van der Waals surface area contributed by atoms with Gasteiger partial charge in [0.1, 0.15) is 0 Å². The lowest BCUT2D eigenvalue weighted by Gasteiger charge is -2.37. The molecular formula is C16H35N5. The standard InChI is InChI=1S/C16H35N5/c1-6-20-9-11-21(12-10-20)15(4)13-19-16(17-5)18-8-7-14(2)3/h14-15H,6-13H2,1-5H3,(H2,17,18,19). The Morgan fingerprint density at radius 1 is 1.10 bits per heavy atom. The van der Waals surface area contributed by atoms with Crippen LogP contribution in [0.15, 0.2) is 4.99 Å². The quantitative estimate of drug-likeness (QED) is 0.548. The molecule has 0 radical (unpaired) electrons. The van der Waals surface area contributed by atoms with Gasteiger partial charge in [-0.2, -0.15) is 0 Å². The molecule has 0 saturated carbocycles. The largest absolute Gasteiger partial charge is 0.356 e. The van der Waals surface area contributed by atoms with E-state index in [2.05, 4.69) is 53.1 Å². The van der Waals surface area contributed by atoms with Crippen molar-refractivity contribution in [3.05, 3.63) is 0 Å². The first-order valence-corrected chi connectivity index (χ1v) is 8.47. The molecule has 1 atom stereocenters. The minimum atomic E-state index is 0.549. The van der Waals surface area contributed by atoms with Crippen molar-refractivity contribution in [3.8, 4) is 0 Å². The van der Waals surface area contributed by atoms with Gasteiger partial charge in [-0.05, 0) is 25.8 Å². The van der Waals surface area contributed by atoms with E-state index in [1.807, 2.05) is 7.05 Å². The molecule has 1 unspecified atom stereocenters. The second-order valence-corrected chi connectivity index (χ2v) is 6.38. The maximum absolute atomic E-state index is 4.29. The van der Waals surface area contributed by atoms with Crippen molar-refractivity contribution in [1.82, 2.24) is 20.4 Å². The molecule has 0 spiro atoms. The molecule has 0 aromatic rings. The van der Waals surface area contributed by atoms with E-state index in [0.717, 1.165) is 25.0 Å². The highest BCUT2D eigenvalue weighted by atomic mass is 15.3. The third kappa shape index (κ3) is 7.14. The smallest absolute Gasteiger partial charge is 0.191 e. The van der Waals surface area contributed by atoms with Crippen molar-refractivity contribution < 1.29 is 0 Å². The van der Waals surface area contributed by atoms with Crippen LogP contribution in [-0.4, -0.2) is 74.7 Å². The molecule has 0 aromatic heterocycles. The first-order valence-electron chi connectivity index (χ1n) is 8.47. The summed E-state index contributed by atoms with van der Waals surface area (Å²) >= 11 is 0. The van der Waals surface area contributed by atoms with Crippen molar-refractivity contribution in [1.29, 1.82) is 0 Å². The minimum Gasteiger partial charge on any atom is -0.356 e. The minimum absolute atomic E-state index is 0.549. The molecule has 0 bridgehead atoms. The number of likely N-dealkylation sites (N-methyl/N-ethyl adjacent to an activating group) is 1. The number of nitrogens with zero attached hydrogens (tertiary/aromatic N) is 3. The number of nitrogens with one attached hydrogen (secondary N) is 2. The Kier molecular flexibility index (Phi) is 8.69. The van der Waals surface area contributed by atoms with E-state index in [-0.39, 0.29) is 0 Å². The summed E-state index contributed by atoms with van der Waals surface area (Å²) in [5.74, 6) is 1.65. The Balaban J connectivity index is 2.23. The van der Waals surface area contributed by atoms with Crippen LogP contribution in [0, 0.1) is 5.92 Å². The first kappa shape index (κ1) is 18.2. The average molecular weight is 297 g/mol. The van der Waals surface area contributed by atoms with Gasteiger partial charge in [-0.25, -0.2) is 0 Å². The summed E-state index contributed by atoms with van der Waals surface area (Å²) in [6.45, 7) is 16.9. The zero-order valence-electron chi connectivity index (χ0n) is 14.7. The number of piperazine rings is 1. The van der Waals surface area contributed by atoms with E-state index < -0.39 is 0 Å². The lowest BCUT2D eigenvalue weighted by atomic mass is 10.1. The van der Waals surface area contributed by atoms with E-state index >= 15 is 0 Å². The molecular weight excluding hydrogens is 262 g/mol. The molecule has 1 rings (SSSR count). The lowest BCUT2D eigenvalue weighted by Crippen LogP contribution is -2.53. The Bertz CT molecular complexity index is 295. The number of hydrogen-bond acceptors (Lipinski definition) is 3. The van der Waals surface area contributed by atoms with Crippen molar-refractivity contribution in [2.45, 2.75) is 40.2 Å². The molecule has 124 valence electrons. The van der Waals surface area contributed by atoms with Gasteiger partial charge in [0.15, 0.2) is 5.96 Å². The van der Waals surface area contributed by atoms with Crippen molar-refractivity contribution in [3.63, 3.8) is 0 Å². The van der Waals surface area contributed by atoms with Gasteiger partial charge in [0, 0.05) is 52.4 Å². The molecule has 5 heteroatoms. The fraction of sp³-hybridized carbons (Fsp3) is 0.938. The highest BCUT2D eigenvalue weighted by Crippen LogP contribution is 2.05. The van der Waals surface area contributed by atoms with Crippen LogP contribution in [0.2, 0.25) is 0 Å². The van der Waals surface area contributed by atoms with Crippen molar-refractivity contribution in [2.24, 2.45) is 10.9 Å². The number of guanidine groups is 1. The van der Waals surface area contributed by atoms with Crippen molar-refractivity contribution >= 4 is 5.96 Å². The van der Waals surface area contributed by atoms with Crippen LogP contribution in [-0.2, 0) is 0 Å². The zero-order valence-corrected chi connectivity index (χ0v) is 14.7. The van der Waals surface area contributed by atoms with Gasteiger partial charge in [-0.3, -0.25) is 9.89 Å². The second kappa shape index (κ2) is 10.0.